The van der Waals surface area contributed by atoms with Crippen molar-refractivity contribution in [1.29, 1.82) is 0 Å². The molecule has 0 spiro atoms. The van der Waals surface area contributed by atoms with Crippen LogP contribution in [0.15, 0.2) is 6.20 Å². The number of carbonyl (C=O) groups excluding carboxylic acids is 1. The van der Waals surface area contributed by atoms with Crippen molar-refractivity contribution in [3.05, 3.63) is 16.9 Å². The SMILES string of the molecule is CCC(CN)C(=O)c1c(Cl)cnn1CC. The Morgan fingerprint density at radius 2 is 2.33 bits per heavy atom. The van der Waals surface area contributed by atoms with Gasteiger partial charge >= 0.3 is 0 Å². The third-order valence-electron chi connectivity index (χ3n) is 2.48. The van der Waals surface area contributed by atoms with Gasteiger partial charge in [-0.2, -0.15) is 5.10 Å². The average Bonchev–Trinajstić information content (AvgIpc) is 2.61. The van der Waals surface area contributed by atoms with Gasteiger partial charge in [0.2, 0.25) is 0 Å². The van der Waals surface area contributed by atoms with Crippen LogP contribution in [0, 0.1) is 5.92 Å². The molecular formula is C10H16ClN3O. The Morgan fingerprint density at radius 1 is 1.67 bits per heavy atom. The largest absolute Gasteiger partial charge is 0.330 e. The highest BCUT2D eigenvalue weighted by atomic mass is 35.5. The second-order valence-corrected chi connectivity index (χ2v) is 3.77. The van der Waals surface area contributed by atoms with Crippen LogP contribution >= 0.6 is 11.6 Å². The number of nitrogens with two attached hydrogens (primary N) is 1. The highest BCUT2D eigenvalue weighted by Crippen LogP contribution is 2.20. The number of Topliss-reactive ketones (excluding diaryl/α,β-unsaturated/α-hetero) is 1. The molecule has 1 atom stereocenters. The maximum Gasteiger partial charge on any atom is 0.186 e. The van der Waals surface area contributed by atoms with E-state index in [4.69, 9.17) is 17.3 Å². The van der Waals surface area contributed by atoms with Crippen molar-refractivity contribution in [2.24, 2.45) is 11.7 Å². The van der Waals surface area contributed by atoms with Crippen molar-refractivity contribution in [1.82, 2.24) is 9.78 Å². The molecule has 0 aliphatic carbocycles. The molecule has 0 amide bonds. The number of hydrogen-bond acceptors (Lipinski definition) is 3. The molecule has 1 rings (SSSR count). The Labute approximate surface area is 94.4 Å². The molecule has 5 heteroatoms. The fourth-order valence-corrected chi connectivity index (χ4v) is 1.73. The molecule has 0 aromatic carbocycles. The van der Waals surface area contributed by atoms with Crippen LogP contribution in [0.1, 0.15) is 30.8 Å². The minimum Gasteiger partial charge on any atom is -0.330 e. The van der Waals surface area contributed by atoms with Crippen LogP contribution in [0.25, 0.3) is 0 Å². The molecule has 0 bridgehead atoms. The van der Waals surface area contributed by atoms with Gasteiger partial charge in [-0.15, -0.1) is 0 Å². The Morgan fingerprint density at radius 3 is 2.80 bits per heavy atom. The van der Waals surface area contributed by atoms with Crippen LogP contribution in [0.5, 0.6) is 0 Å². The first-order valence-corrected chi connectivity index (χ1v) is 5.49. The van der Waals surface area contributed by atoms with Crippen LogP contribution in [-0.2, 0) is 6.54 Å². The van der Waals surface area contributed by atoms with E-state index in [1.165, 1.54) is 6.20 Å². The topological polar surface area (TPSA) is 60.9 Å². The molecule has 0 aliphatic rings. The smallest absolute Gasteiger partial charge is 0.186 e. The Kier molecular flexibility index (Phi) is 4.29. The molecule has 1 aromatic heterocycles. The number of ketones is 1. The molecule has 0 saturated heterocycles. The molecule has 0 saturated carbocycles. The van der Waals surface area contributed by atoms with Crippen molar-refractivity contribution in [2.45, 2.75) is 26.8 Å². The van der Waals surface area contributed by atoms with Crippen LogP contribution in [0.4, 0.5) is 0 Å². The van der Waals surface area contributed by atoms with E-state index in [9.17, 15) is 4.79 Å². The van der Waals surface area contributed by atoms with Gasteiger partial charge in [0.15, 0.2) is 5.78 Å². The lowest BCUT2D eigenvalue weighted by Crippen LogP contribution is -2.25. The maximum atomic E-state index is 12.0. The zero-order valence-electron chi connectivity index (χ0n) is 9.03. The van der Waals surface area contributed by atoms with E-state index in [0.29, 0.717) is 23.8 Å². The van der Waals surface area contributed by atoms with Crippen molar-refractivity contribution < 1.29 is 4.79 Å². The fourth-order valence-electron chi connectivity index (χ4n) is 1.50. The lowest BCUT2D eigenvalue weighted by molar-refractivity contribution is 0.0910. The number of aromatic nitrogens is 2. The fraction of sp³-hybridized carbons (Fsp3) is 0.600. The Balaban J connectivity index is 3.03. The van der Waals surface area contributed by atoms with E-state index in [1.807, 2.05) is 13.8 Å². The Hall–Kier alpha value is -0.870. The number of rotatable bonds is 5. The van der Waals surface area contributed by atoms with Gasteiger partial charge in [-0.05, 0) is 13.3 Å². The second kappa shape index (κ2) is 5.28. The van der Waals surface area contributed by atoms with E-state index >= 15 is 0 Å². The number of aryl methyl sites for hydroxylation is 1. The van der Waals surface area contributed by atoms with Crippen molar-refractivity contribution >= 4 is 17.4 Å². The summed E-state index contributed by atoms with van der Waals surface area (Å²) in [4.78, 5) is 12.0. The van der Waals surface area contributed by atoms with Gasteiger partial charge in [-0.25, -0.2) is 0 Å². The summed E-state index contributed by atoms with van der Waals surface area (Å²) in [7, 11) is 0. The van der Waals surface area contributed by atoms with Gasteiger partial charge in [0.1, 0.15) is 5.69 Å². The maximum absolute atomic E-state index is 12.0. The van der Waals surface area contributed by atoms with Crippen LogP contribution in [0.2, 0.25) is 5.02 Å². The van der Waals surface area contributed by atoms with E-state index in [1.54, 1.807) is 4.68 Å². The summed E-state index contributed by atoms with van der Waals surface area (Å²) >= 11 is 5.93. The minimum atomic E-state index is -0.163. The summed E-state index contributed by atoms with van der Waals surface area (Å²) in [6, 6.07) is 0. The van der Waals surface area contributed by atoms with Crippen LogP contribution in [0.3, 0.4) is 0 Å². The summed E-state index contributed by atoms with van der Waals surface area (Å²) < 4.78 is 1.61. The average molecular weight is 230 g/mol. The number of carbonyl (C=O) groups is 1. The van der Waals surface area contributed by atoms with Crippen molar-refractivity contribution in [2.75, 3.05) is 6.54 Å². The molecule has 1 heterocycles. The molecule has 0 aliphatic heterocycles. The first-order chi connectivity index (χ1) is 7.15. The lowest BCUT2D eigenvalue weighted by atomic mass is 9.99. The molecule has 15 heavy (non-hydrogen) atoms. The third kappa shape index (κ3) is 2.38. The van der Waals surface area contributed by atoms with Gasteiger partial charge in [-0.1, -0.05) is 18.5 Å². The zero-order chi connectivity index (χ0) is 11.4. The first kappa shape index (κ1) is 12.2. The van der Waals surface area contributed by atoms with E-state index < -0.39 is 0 Å². The predicted octanol–water partition coefficient (Wildman–Crippen LogP) is 1.72. The monoisotopic (exact) mass is 229 g/mol. The normalized spacial score (nSPS) is 12.8. The Bertz CT molecular complexity index is 344. The van der Waals surface area contributed by atoms with Gasteiger partial charge in [-0.3, -0.25) is 9.48 Å². The molecule has 0 fully saturated rings. The molecular weight excluding hydrogens is 214 g/mol. The first-order valence-electron chi connectivity index (χ1n) is 5.11. The second-order valence-electron chi connectivity index (χ2n) is 3.36. The van der Waals surface area contributed by atoms with Crippen molar-refractivity contribution in [3.8, 4) is 0 Å². The predicted molar refractivity (Wildman–Crippen MR) is 60.1 cm³/mol. The van der Waals surface area contributed by atoms with Gasteiger partial charge < -0.3 is 5.73 Å². The van der Waals surface area contributed by atoms with E-state index in [0.717, 1.165) is 6.42 Å². The van der Waals surface area contributed by atoms with Crippen molar-refractivity contribution in [3.63, 3.8) is 0 Å². The highest BCUT2D eigenvalue weighted by Gasteiger charge is 2.23. The lowest BCUT2D eigenvalue weighted by Gasteiger charge is -2.12. The van der Waals surface area contributed by atoms with Gasteiger partial charge in [0.05, 0.1) is 11.2 Å². The summed E-state index contributed by atoms with van der Waals surface area (Å²) in [5.74, 6) is -0.172. The summed E-state index contributed by atoms with van der Waals surface area (Å²) in [6.45, 7) is 4.84. The van der Waals surface area contributed by atoms with Gasteiger partial charge in [0, 0.05) is 19.0 Å². The standard InChI is InChI=1S/C10H16ClN3O/c1-3-7(5-12)10(15)9-8(11)6-13-14(9)4-2/h6-7H,3-5,12H2,1-2H3. The quantitative estimate of drug-likeness (QED) is 0.783. The molecule has 1 aromatic rings. The van der Waals surface area contributed by atoms with Crippen LogP contribution < -0.4 is 5.73 Å². The summed E-state index contributed by atoms with van der Waals surface area (Å²) in [6.07, 6.45) is 2.22. The molecule has 0 radical (unpaired) electrons. The molecule has 4 nitrogen and oxygen atoms in total. The number of nitrogens with zero attached hydrogens (tertiary/aromatic N) is 2. The number of halogens is 1. The zero-order valence-corrected chi connectivity index (χ0v) is 9.79. The minimum absolute atomic E-state index is 0.00986. The third-order valence-corrected chi connectivity index (χ3v) is 2.75. The van der Waals surface area contributed by atoms with Crippen LogP contribution in [-0.4, -0.2) is 22.1 Å². The van der Waals surface area contributed by atoms with Gasteiger partial charge in [0.25, 0.3) is 0 Å². The molecule has 2 N–H and O–H groups in total. The van der Waals surface area contributed by atoms with E-state index in [2.05, 4.69) is 5.10 Å². The molecule has 1 unspecified atom stereocenters. The van der Waals surface area contributed by atoms with E-state index in [-0.39, 0.29) is 11.7 Å². The number of hydrogen-bond donors (Lipinski definition) is 1. The highest BCUT2D eigenvalue weighted by molar-refractivity contribution is 6.33. The summed E-state index contributed by atoms with van der Waals surface area (Å²) in [5, 5.41) is 4.44. The summed E-state index contributed by atoms with van der Waals surface area (Å²) in [5.41, 5.74) is 6.02. The molecule has 84 valence electrons.